The minimum atomic E-state index is -5.50. The fraction of sp³-hybridized carbons (Fsp3) is 0.364. The van der Waals surface area contributed by atoms with Crippen LogP contribution in [-0.4, -0.2) is 36.3 Å². The van der Waals surface area contributed by atoms with E-state index in [9.17, 15) is 31.1 Å². The molecule has 11 heteroatoms. The van der Waals surface area contributed by atoms with Gasteiger partial charge in [-0.3, -0.25) is 4.79 Å². The van der Waals surface area contributed by atoms with Gasteiger partial charge in [0.15, 0.2) is 5.92 Å². The highest BCUT2D eigenvalue weighted by molar-refractivity contribution is 14.1. The van der Waals surface area contributed by atoms with E-state index in [1.54, 1.807) is 12.1 Å². The first-order valence-corrected chi connectivity index (χ1v) is 10.7. The van der Waals surface area contributed by atoms with E-state index in [0.29, 0.717) is 21.6 Å². The molecule has 4 nitrogen and oxygen atoms in total. The summed E-state index contributed by atoms with van der Waals surface area (Å²) in [6.07, 6.45) is -11.0. The summed E-state index contributed by atoms with van der Waals surface area (Å²) in [5.74, 6) is -3.92. The molecule has 1 aliphatic heterocycles. The molecule has 1 N–H and O–H groups in total. The highest BCUT2D eigenvalue weighted by Crippen LogP contribution is 2.46. The van der Waals surface area contributed by atoms with Crippen LogP contribution < -0.4 is 5.32 Å². The molecule has 0 unspecified atom stereocenters. The van der Waals surface area contributed by atoms with Crippen molar-refractivity contribution < 1.29 is 35.9 Å². The first-order valence-electron chi connectivity index (χ1n) is 9.67. The number of carbonyl (C=O) groups excluding carboxylic acids is 1. The van der Waals surface area contributed by atoms with Crippen molar-refractivity contribution in [1.29, 1.82) is 0 Å². The molecule has 0 aromatic heterocycles. The van der Waals surface area contributed by atoms with E-state index >= 15 is 0 Å². The number of rotatable bonds is 4. The van der Waals surface area contributed by atoms with Crippen molar-refractivity contribution in [1.82, 2.24) is 0 Å². The third kappa shape index (κ3) is 5.61. The second-order valence-electron chi connectivity index (χ2n) is 8.23. The molecule has 0 atom stereocenters. The SMILES string of the molecule is Cc1cc(C(C(F)(F)F)C(F)(F)F)ccc1NC(=O)c1cccc(I)c1C1=NC(C)(C)CO1. The Kier molecular flexibility index (Phi) is 6.75. The molecule has 0 aliphatic carbocycles. The number of anilines is 1. The summed E-state index contributed by atoms with van der Waals surface area (Å²) in [7, 11) is 0. The fourth-order valence-electron chi connectivity index (χ4n) is 3.40. The van der Waals surface area contributed by atoms with Gasteiger partial charge in [0.2, 0.25) is 5.90 Å². The predicted octanol–water partition coefficient (Wildman–Crippen LogP) is 6.62. The van der Waals surface area contributed by atoms with E-state index in [1.807, 2.05) is 36.4 Å². The topological polar surface area (TPSA) is 50.7 Å². The Morgan fingerprint density at radius 2 is 1.76 bits per heavy atom. The molecule has 2 aromatic rings. The number of hydrogen-bond donors (Lipinski definition) is 1. The molecule has 33 heavy (non-hydrogen) atoms. The van der Waals surface area contributed by atoms with Gasteiger partial charge in [0, 0.05) is 9.26 Å². The van der Waals surface area contributed by atoms with E-state index in [4.69, 9.17) is 4.74 Å². The lowest BCUT2D eigenvalue weighted by atomic mass is 9.95. The van der Waals surface area contributed by atoms with Gasteiger partial charge in [0.05, 0.1) is 16.7 Å². The molecule has 0 spiro atoms. The molecule has 178 valence electrons. The van der Waals surface area contributed by atoms with Gasteiger partial charge in [-0.2, -0.15) is 26.3 Å². The van der Waals surface area contributed by atoms with Crippen LogP contribution in [0.15, 0.2) is 41.4 Å². The quantitative estimate of drug-likeness (QED) is 0.325. The van der Waals surface area contributed by atoms with Crippen LogP contribution in [0.4, 0.5) is 32.0 Å². The number of amides is 1. The van der Waals surface area contributed by atoms with Crippen LogP contribution in [0.3, 0.4) is 0 Å². The molecular weight excluding hydrogens is 565 g/mol. The molecule has 0 saturated carbocycles. The number of hydrogen-bond acceptors (Lipinski definition) is 3. The Bertz CT molecular complexity index is 1100. The van der Waals surface area contributed by atoms with Crippen LogP contribution in [0.25, 0.3) is 0 Å². The second kappa shape index (κ2) is 8.80. The lowest BCUT2D eigenvalue weighted by molar-refractivity contribution is -0.253. The van der Waals surface area contributed by atoms with E-state index in [1.165, 1.54) is 13.0 Å². The summed E-state index contributed by atoms with van der Waals surface area (Å²) in [4.78, 5) is 17.5. The summed E-state index contributed by atoms with van der Waals surface area (Å²) in [5, 5.41) is 2.57. The molecular formula is C22H19F6IN2O2. The molecule has 3 rings (SSSR count). The number of ether oxygens (including phenoxy) is 1. The van der Waals surface area contributed by atoms with E-state index < -0.39 is 35.3 Å². The van der Waals surface area contributed by atoms with Gasteiger partial charge in [0.25, 0.3) is 5.91 Å². The third-order valence-electron chi connectivity index (χ3n) is 4.93. The van der Waals surface area contributed by atoms with Gasteiger partial charge in [-0.25, -0.2) is 4.99 Å². The van der Waals surface area contributed by atoms with Crippen LogP contribution >= 0.6 is 22.6 Å². The lowest BCUT2D eigenvalue weighted by Crippen LogP contribution is -2.34. The highest BCUT2D eigenvalue weighted by atomic mass is 127. The summed E-state index contributed by atoms with van der Waals surface area (Å²) in [5.41, 5.74) is -0.596. The molecule has 2 aromatic carbocycles. The lowest BCUT2D eigenvalue weighted by Gasteiger charge is -2.24. The standard InChI is InChI=1S/C22H19F6IN2O2/c1-11-9-12(17(21(23,24)25)22(26,27)28)7-8-15(11)30-18(32)13-5-4-6-14(29)16(13)19-31-20(2,3)10-33-19/h4-9,17H,10H2,1-3H3,(H,30,32). The van der Waals surface area contributed by atoms with Crippen LogP contribution in [0, 0.1) is 10.5 Å². The number of nitrogens with zero attached hydrogens (tertiary/aromatic N) is 1. The summed E-state index contributed by atoms with van der Waals surface area (Å²) in [6, 6.07) is 7.48. The summed E-state index contributed by atoms with van der Waals surface area (Å²) >= 11 is 2.03. The van der Waals surface area contributed by atoms with E-state index in [0.717, 1.165) is 18.2 Å². The van der Waals surface area contributed by atoms with E-state index in [-0.39, 0.29) is 16.8 Å². The number of aliphatic imine (C=N–C) groups is 1. The first-order chi connectivity index (χ1) is 15.1. The minimum absolute atomic E-state index is 0.0575. The van der Waals surface area contributed by atoms with Crippen molar-refractivity contribution in [2.45, 2.75) is 44.6 Å². The van der Waals surface area contributed by atoms with Gasteiger partial charge < -0.3 is 10.1 Å². The largest absolute Gasteiger partial charge is 0.475 e. The van der Waals surface area contributed by atoms with Gasteiger partial charge in [-0.05, 0) is 72.7 Å². The highest BCUT2D eigenvalue weighted by Gasteiger charge is 2.57. The molecule has 1 aliphatic rings. The monoisotopic (exact) mass is 584 g/mol. The minimum Gasteiger partial charge on any atom is -0.475 e. The van der Waals surface area contributed by atoms with E-state index in [2.05, 4.69) is 10.3 Å². The van der Waals surface area contributed by atoms with Gasteiger partial charge in [-0.1, -0.05) is 18.2 Å². The van der Waals surface area contributed by atoms with Crippen LogP contribution in [0.2, 0.25) is 0 Å². The number of carbonyl (C=O) groups is 1. The predicted molar refractivity (Wildman–Crippen MR) is 120 cm³/mol. The van der Waals surface area contributed by atoms with Crippen molar-refractivity contribution in [2.75, 3.05) is 11.9 Å². The Balaban J connectivity index is 1.93. The Labute approximate surface area is 199 Å². The van der Waals surface area contributed by atoms with Crippen molar-refractivity contribution in [2.24, 2.45) is 4.99 Å². The summed E-state index contributed by atoms with van der Waals surface area (Å²) in [6.45, 7) is 5.39. The molecule has 1 heterocycles. The number of benzene rings is 2. The van der Waals surface area contributed by atoms with Gasteiger partial charge in [-0.15, -0.1) is 0 Å². The summed E-state index contributed by atoms with van der Waals surface area (Å²) < 4.78 is 84.6. The van der Waals surface area contributed by atoms with Crippen molar-refractivity contribution in [3.8, 4) is 0 Å². The maximum Gasteiger partial charge on any atom is 0.404 e. The molecule has 0 fully saturated rings. The number of aryl methyl sites for hydroxylation is 1. The normalized spacial score (nSPS) is 15.9. The fourth-order valence-corrected chi connectivity index (χ4v) is 4.13. The Morgan fingerprint density at radius 3 is 2.27 bits per heavy atom. The molecule has 0 saturated heterocycles. The van der Waals surface area contributed by atoms with Crippen LogP contribution in [0.5, 0.6) is 0 Å². The maximum atomic E-state index is 13.0. The number of halogens is 7. The molecule has 1 amide bonds. The number of nitrogens with one attached hydrogen (secondary N) is 1. The molecule has 0 radical (unpaired) electrons. The van der Waals surface area contributed by atoms with Crippen LogP contribution in [-0.2, 0) is 4.74 Å². The number of alkyl halides is 6. The van der Waals surface area contributed by atoms with Crippen molar-refractivity contribution >= 4 is 40.1 Å². The maximum absolute atomic E-state index is 13.0. The van der Waals surface area contributed by atoms with Gasteiger partial charge >= 0.3 is 12.4 Å². The van der Waals surface area contributed by atoms with Gasteiger partial charge in [0.1, 0.15) is 6.61 Å². The van der Waals surface area contributed by atoms with Crippen LogP contribution in [0.1, 0.15) is 46.8 Å². The average molecular weight is 584 g/mol. The Hall–Kier alpha value is -2.31. The molecule has 0 bridgehead atoms. The van der Waals surface area contributed by atoms with Crippen molar-refractivity contribution in [3.63, 3.8) is 0 Å². The second-order valence-corrected chi connectivity index (χ2v) is 9.39. The average Bonchev–Trinajstić information content (AvgIpc) is 3.00. The zero-order valence-corrected chi connectivity index (χ0v) is 19.8. The first kappa shape index (κ1) is 25.3. The third-order valence-corrected chi connectivity index (χ3v) is 5.82. The smallest absolute Gasteiger partial charge is 0.404 e. The Morgan fingerprint density at radius 1 is 1.12 bits per heavy atom. The zero-order valence-electron chi connectivity index (χ0n) is 17.7. The van der Waals surface area contributed by atoms with Crippen molar-refractivity contribution in [3.05, 3.63) is 62.2 Å². The zero-order chi connectivity index (χ0) is 24.8.